The number of carbonyl (C=O) groups is 2. The first-order chi connectivity index (χ1) is 7.94. The summed E-state index contributed by atoms with van der Waals surface area (Å²) in [5.74, 6) is -0.148. The maximum atomic E-state index is 11.2. The summed E-state index contributed by atoms with van der Waals surface area (Å²) in [7, 11) is -2.88. The third-order valence-electron chi connectivity index (χ3n) is 2.52. The SMILES string of the molecule is O=CNC(CCSC1CCS(=O)(=O)C1)C(=O)O. The second-order valence-corrected chi connectivity index (χ2v) is 7.50. The van der Waals surface area contributed by atoms with E-state index in [-0.39, 0.29) is 16.8 Å². The van der Waals surface area contributed by atoms with E-state index in [1.54, 1.807) is 0 Å². The summed E-state index contributed by atoms with van der Waals surface area (Å²) >= 11 is 1.46. The van der Waals surface area contributed by atoms with E-state index in [0.29, 0.717) is 25.0 Å². The van der Waals surface area contributed by atoms with Crippen molar-refractivity contribution in [2.24, 2.45) is 0 Å². The van der Waals surface area contributed by atoms with Gasteiger partial charge in [0.15, 0.2) is 9.84 Å². The minimum absolute atomic E-state index is 0.0608. The van der Waals surface area contributed by atoms with E-state index >= 15 is 0 Å². The van der Waals surface area contributed by atoms with Crippen LogP contribution in [-0.4, -0.2) is 54.5 Å². The van der Waals surface area contributed by atoms with E-state index in [4.69, 9.17) is 5.11 Å². The van der Waals surface area contributed by atoms with Crippen molar-refractivity contribution in [2.75, 3.05) is 17.3 Å². The third-order valence-corrected chi connectivity index (χ3v) is 5.84. The zero-order valence-corrected chi connectivity index (χ0v) is 10.8. The van der Waals surface area contributed by atoms with Gasteiger partial charge in [-0.3, -0.25) is 4.79 Å². The van der Waals surface area contributed by atoms with E-state index in [1.165, 1.54) is 11.8 Å². The number of sulfone groups is 1. The molecule has 1 amide bonds. The average molecular weight is 281 g/mol. The molecule has 2 N–H and O–H groups in total. The van der Waals surface area contributed by atoms with Crippen molar-refractivity contribution in [2.45, 2.75) is 24.1 Å². The molecular weight excluding hydrogens is 266 g/mol. The lowest BCUT2D eigenvalue weighted by Crippen LogP contribution is -2.36. The van der Waals surface area contributed by atoms with Crippen LogP contribution >= 0.6 is 11.8 Å². The van der Waals surface area contributed by atoms with Crippen LogP contribution in [0, 0.1) is 0 Å². The lowest BCUT2D eigenvalue weighted by atomic mass is 10.2. The lowest BCUT2D eigenvalue weighted by molar-refractivity contribution is -0.140. The topological polar surface area (TPSA) is 101 Å². The molecule has 2 unspecified atom stereocenters. The van der Waals surface area contributed by atoms with E-state index < -0.39 is 21.8 Å². The molecule has 0 spiro atoms. The smallest absolute Gasteiger partial charge is 0.326 e. The van der Waals surface area contributed by atoms with Gasteiger partial charge < -0.3 is 10.4 Å². The number of carbonyl (C=O) groups excluding carboxylic acids is 1. The molecule has 6 nitrogen and oxygen atoms in total. The number of aliphatic carboxylic acids is 1. The quantitative estimate of drug-likeness (QED) is 0.610. The first-order valence-electron chi connectivity index (χ1n) is 5.19. The molecule has 0 aromatic carbocycles. The van der Waals surface area contributed by atoms with Crippen LogP contribution in [0.3, 0.4) is 0 Å². The Bertz CT molecular complexity index is 381. The Morgan fingerprint density at radius 3 is 2.76 bits per heavy atom. The summed E-state index contributed by atoms with van der Waals surface area (Å²) in [4.78, 5) is 20.9. The number of nitrogens with one attached hydrogen (secondary N) is 1. The summed E-state index contributed by atoms with van der Waals surface area (Å²) in [6.07, 6.45) is 1.30. The van der Waals surface area contributed by atoms with Crippen LogP contribution < -0.4 is 5.32 Å². The molecule has 2 atom stereocenters. The number of carboxylic acid groups (broad SMARTS) is 1. The number of thioether (sulfide) groups is 1. The van der Waals surface area contributed by atoms with Crippen LogP contribution in [-0.2, 0) is 19.4 Å². The van der Waals surface area contributed by atoms with Crippen molar-refractivity contribution >= 4 is 34.0 Å². The number of amides is 1. The fourth-order valence-electron chi connectivity index (χ4n) is 1.61. The summed E-state index contributed by atoms with van der Waals surface area (Å²) < 4.78 is 22.4. The van der Waals surface area contributed by atoms with E-state index in [2.05, 4.69) is 5.32 Å². The summed E-state index contributed by atoms with van der Waals surface area (Å²) in [6, 6.07) is -0.891. The Balaban J connectivity index is 2.27. The van der Waals surface area contributed by atoms with Gasteiger partial charge >= 0.3 is 5.97 Å². The van der Waals surface area contributed by atoms with Crippen LogP contribution in [0.2, 0.25) is 0 Å². The molecule has 17 heavy (non-hydrogen) atoms. The molecule has 1 rings (SSSR count). The second-order valence-electron chi connectivity index (χ2n) is 3.86. The van der Waals surface area contributed by atoms with Gasteiger partial charge in [-0.1, -0.05) is 0 Å². The van der Waals surface area contributed by atoms with Gasteiger partial charge in [0, 0.05) is 5.25 Å². The van der Waals surface area contributed by atoms with Gasteiger partial charge in [-0.2, -0.15) is 11.8 Å². The third kappa shape index (κ3) is 4.95. The lowest BCUT2D eigenvalue weighted by Gasteiger charge is -2.12. The Kier molecular flexibility index (Phi) is 5.26. The molecule has 1 aliphatic heterocycles. The molecule has 0 aromatic heterocycles. The van der Waals surface area contributed by atoms with Gasteiger partial charge in [0.1, 0.15) is 6.04 Å². The van der Waals surface area contributed by atoms with Crippen LogP contribution in [0.15, 0.2) is 0 Å². The molecular formula is C9H15NO5S2. The highest BCUT2D eigenvalue weighted by Gasteiger charge is 2.28. The molecule has 1 fully saturated rings. The molecule has 0 saturated carbocycles. The Labute approximate surface area is 104 Å². The van der Waals surface area contributed by atoms with Crippen molar-refractivity contribution < 1.29 is 23.1 Å². The number of carboxylic acids is 1. The van der Waals surface area contributed by atoms with Crippen molar-refractivity contribution in [1.29, 1.82) is 0 Å². The summed E-state index contributed by atoms with van der Waals surface area (Å²) in [5, 5.41) is 11.0. The van der Waals surface area contributed by atoms with Crippen LogP contribution in [0.25, 0.3) is 0 Å². The monoisotopic (exact) mass is 281 g/mol. The predicted molar refractivity (Wildman–Crippen MR) is 64.8 cm³/mol. The Morgan fingerprint density at radius 2 is 2.29 bits per heavy atom. The molecule has 98 valence electrons. The predicted octanol–water partition coefficient (Wildman–Crippen LogP) is -0.504. The molecule has 1 heterocycles. The van der Waals surface area contributed by atoms with Crippen LogP contribution in [0.4, 0.5) is 0 Å². The van der Waals surface area contributed by atoms with Gasteiger partial charge in [-0.05, 0) is 18.6 Å². The zero-order valence-electron chi connectivity index (χ0n) is 9.16. The maximum Gasteiger partial charge on any atom is 0.326 e. The normalized spacial score (nSPS) is 24.1. The first kappa shape index (κ1) is 14.3. The fraction of sp³-hybridized carbons (Fsp3) is 0.778. The maximum absolute atomic E-state index is 11.2. The Hall–Kier alpha value is -0.760. The van der Waals surface area contributed by atoms with Gasteiger partial charge in [-0.15, -0.1) is 0 Å². The van der Waals surface area contributed by atoms with Gasteiger partial charge in [-0.25, -0.2) is 13.2 Å². The zero-order chi connectivity index (χ0) is 12.9. The van der Waals surface area contributed by atoms with Gasteiger partial charge in [0.25, 0.3) is 0 Å². The average Bonchev–Trinajstić information content (AvgIpc) is 2.57. The second kappa shape index (κ2) is 6.25. The molecule has 0 bridgehead atoms. The molecule has 1 aliphatic rings. The van der Waals surface area contributed by atoms with Crippen molar-refractivity contribution in [3.05, 3.63) is 0 Å². The largest absolute Gasteiger partial charge is 0.480 e. The molecule has 0 radical (unpaired) electrons. The number of rotatable bonds is 7. The van der Waals surface area contributed by atoms with Crippen LogP contribution in [0.5, 0.6) is 0 Å². The molecule has 0 aromatic rings. The van der Waals surface area contributed by atoms with Crippen LogP contribution in [0.1, 0.15) is 12.8 Å². The van der Waals surface area contributed by atoms with Gasteiger partial charge in [0.05, 0.1) is 11.5 Å². The standard InChI is InChI=1S/C9H15NO5S2/c11-6-10-8(9(12)13)1-3-16-7-2-4-17(14,15)5-7/h6-8H,1-5H2,(H,10,11)(H,12,13). The first-order valence-corrected chi connectivity index (χ1v) is 8.06. The van der Waals surface area contributed by atoms with E-state index in [9.17, 15) is 18.0 Å². The summed E-state index contributed by atoms with van der Waals surface area (Å²) in [6.45, 7) is 0. The Morgan fingerprint density at radius 1 is 1.59 bits per heavy atom. The van der Waals surface area contributed by atoms with E-state index in [0.717, 1.165) is 0 Å². The number of hydrogen-bond acceptors (Lipinski definition) is 5. The highest BCUT2D eigenvalue weighted by molar-refractivity contribution is 8.01. The van der Waals surface area contributed by atoms with Crippen molar-refractivity contribution in [3.63, 3.8) is 0 Å². The molecule has 8 heteroatoms. The van der Waals surface area contributed by atoms with E-state index in [1.807, 2.05) is 0 Å². The minimum atomic E-state index is -2.88. The fourth-order valence-corrected chi connectivity index (χ4v) is 5.29. The van der Waals surface area contributed by atoms with Crippen molar-refractivity contribution in [1.82, 2.24) is 5.32 Å². The van der Waals surface area contributed by atoms with Gasteiger partial charge in [0.2, 0.25) is 6.41 Å². The highest BCUT2D eigenvalue weighted by Crippen LogP contribution is 2.24. The minimum Gasteiger partial charge on any atom is -0.480 e. The van der Waals surface area contributed by atoms with Crippen molar-refractivity contribution in [3.8, 4) is 0 Å². The summed E-state index contributed by atoms with van der Waals surface area (Å²) in [5.41, 5.74) is 0. The molecule has 1 saturated heterocycles. The number of hydrogen-bond donors (Lipinski definition) is 2. The highest BCUT2D eigenvalue weighted by atomic mass is 32.2. The molecule has 0 aliphatic carbocycles.